The molecule has 1 saturated carbocycles. The van der Waals surface area contributed by atoms with Gasteiger partial charge >= 0.3 is 0 Å². The Morgan fingerprint density at radius 2 is 2.27 bits per heavy atom. The molecule has 26 heavy (non-hydrogen) atoms. The number of aromatic nitrogens is 4. The quantitative estimate of drug-likeness (QED) is 0.703. The summed E-state index contributed by atoms with van der Waals surface area (Å²) in [6.45, 7) is 4.03. The molecule has 140 valence electrons. The summed E-state index contributed by atoms with van der Waals surface area (Å²) in [4.78, 5) is 16.1. The number of nitrogens with zero attached hydrogens (tertiary/aromatic N) is 4. The van der Waals surface area contributed by atoms with E-state index in [0.29, 0.717) is 25.4 Å². The van der Waals surface area contributed by atoms with Gasteiger partial charge in [-0.05, 0) is 30.9 Å². The van der Waals surface area contributed by atoms with Gasteiger partial charge in [-0.15, -0.1) is 5.10 Å². The minimum atomic E-state index is 0.0769. The maximum absolute atomic E-state index is 12.1. The average molecular weight is 358 g/mol. The minimum Gasteiger partial charge on any atom is -0.384 e. The number of nitrogens with one attached hydrogen (secondary N) is 1. The van der Waals surface area contributed by atoms with Gasteiger partial charge in [0.25, 0.3) is 0 Å². The van der Waals surface area contributed by atoms with Crippen molar-refractivity contribution in [2.75, 3.05) is 26.0 Å². The maximum atomic E-state index is 12.1. The van der Waals surface area contributed by atoms with E-state index >= 15 is 0 Å². The van der Waals surface area contributed by atoms with Gasteiger partial charge in [-0.1, -0.05) is 12.1 Å². The first-order valence-electron chi connectivity index (χ1n) is 8.87. The molecule has 1 atom stereocenters. The van der Waals surface area contributed by atoms with E-state index in [-0.39, 0.29) is 17.2 Å². The van der Waals surface area contributed by atoms with Crippen molar-refractivity contribution in [3.8, 4) is 11.3 Å². The normalized spacial score (nSPS) is 16.2. The zero-order valence-corrected chi connectivity index (χ0v) is 15.3. The highest BCUT2D eigenvalue weighted by atomic mass is 16.5. The van der Waals surface area contributed by atoms with Crippen LogP contribution in [-0.2, 0) is 16.1 Å². The molecule has 3 N–H and O–H groups in total. The number of carbonyl (C=O) groups excluding carboxylic acids is 1. The SMILES string of the molecule is COCC(C)CC(=O)NCC1(Cn2cc(-c3ccc(N)nc3)nn2)CC1. The van der Waals surface area contributed by atoms with Crippen molar-refractivity contribution in [1.29, 1.82) is 0 Å². The molecule has 2 aromatic rings. The van der Waals surface area contributed by atoms with Crippen LogP contribution in [0.1, 0.15) is 26.2 Å². The number of amides is 1. The summed E-state index contributed by atoms with van der Waals surface area (Å²) < 4.78 is 6.92. The van der Waals surface area contributed by atoms with Crippen molar-refractivity contribution in [2.24, 2.45) is 11.3 Å². The topological polar surface area (TPSA) is 108 Å². The second kappa shape index (κ2) is 7.82. The summed E-state index contributed by atoms with van der Waals surface area (Å²) in [6.07, 6.45) is 6.26. The van der Waals surface area contributed by atoms with Crippen molar-refractivity contribution in [3.05, 3.63) is 24.5 Å². The maximum Gasteiger partial charge on any atom is 0.220 e. The smallest absolute Gasteiger partial charge is 0.220 e. The number of nitrogens with two attached hydrogens (primary N) is 1. The van der Waals surface area contributed by atoms with Gasteiger partial charge in [-0.3, -0.25) is 9.48 Å². The first-order valence-corrected chi connectivity index (χ1v) is 8.87. The molecule has 0 aliphatic heterocycles. The van der Waals surface area contributed by atoms with Gasteiger partial charge in [0, 0.05) is 50.4 Å². The summed E-state index contributed by atoms with van der Waals surface area (Å²) in [5.74, 6) is 0.781. The molecule has 2 aromatic heterocycles. The first kappa shape index (κ1) is 18.3. The molecular weight excluding hydrogens is 332 g/mol. The standard InChI is InChI=1S/C18H26N6O2/c1-13(10-26-2)7-17(25)21-11-18(5-6-18)12-24-9-15(22-23-24)14-3-4-16(19)20-8-14/h3-4,8-9,13H,5-7,10-12H2,1-2H3,(H2,19,20)(H,21,25). The van der Waals surface area contributed by atoms with Crippen LogP contribution in [0.3, 0.4) is 0 Å². The summed E-state index contributed by atoms with van der Waals surface area (Å²) in [5, 5.41) is 11.5. The van der Waals surface area contributed by atoms with Crippen LogP contribution in [0.4, 0.5) is 5.82 Å². The molecule has 8 nitrogen and oxygen atoms in total. The molecular formula is C18H26N6O2. The highest BCUT2D eigenvalue weighted by molar-refractivity contribution is 5.76. The third-order valence-corrected chi connectivity index (χ3v) is 4.72. The molecule has 8 heteroatoms. The molecule has 3 rings (SSSR count). The van der Waals surface area contributed by atoms with Crippen LogP contribution in [0, 0.1) is 11.3 Å². The molecule has 0 saturated heterocycles. The Morgan fingerprint density at radius 3 is 2.92 bits per heavy atom. The van der Waals surface area contributed by atoms with Crippen molar-refractivity contribution >= 4 is 11.7 Å². The van der Waals surface area contributed by atoms with Crippen molar-refractivity contribution in [1.82, 2.24) is 25.3 Å². The molecule has 1 unspecified atom stereocenters. The molecule has 1 aliphatic carbocycles. The second-order valence-electron chi connectivity index (χ2n) is 7.31. The highest BCUT2D eigenvalue weighted by Crippen LogP contribution is 2.46. The Morgan fingerprint density at radius 1 is 1.46 bits per heavy atom. The van der Waals surface area contributed by atoms with E-state index in [4.69, 9.17) is 10.5 Å². The number of carbonyl (C=O) groups is 1. The van der Waals surface area contributed by atoms with Crippen LogP contribution in [0.2, 0.25) is 0 Å². The van der Waals surface area contributed by atoms with Crippen molar-refractivity contribution < 1.29 is 9.53 Å². The number of ether oxygens (including phenoxy) is 1. The Balaban J connectivity index is 1.52. The van der Waals surface area contributed by atoms with Crippen LogP contribution < -0.4 is 11.1 Å². The van der Waals surface area contributed by atoms with Gasteiger partial charge in [0.05, 0.1) is 6.20 Å². The Bertz CT molecular complexity index is 738. The third-order valence-electron chi connectivity index (χ3n) is 4.72. The van der Waals surface area contributed by atoms with Gasteiger partial charge in [0.15, 0.2) is 0 Å². The lowest BCUT2D eigenvalue weighted by molar-refractivity contribution is -0.122. The fourth-order valence-electron chi connectivity index (χ4n) is 2.99. The molecule has 2 heterocycles. The zero-order valence-electron chi connectivity index (χ0n) is 15.3. The van der Waals surface area contributed by atoms with Crippen molar-refractivity contribution in [2.45, 2.75) is 32.7 Å². The average Bonchev–Trinajstić information content (AvgIpc) is 3.21. The number of hydrogen-bond acceptors (Lipinski definition) is 6. The third kappa shape index (κ3) is 4.78. The Labute approximate surface area is 153 Å². The summed E-state index contributed by atoms with van der Waals surface area (Å²) in [7, 11) is 1.65. The van der Waals surface area contributed by atoms with E-state index in [0.717, 1.165) is 30.6 Å². The summed E-state index contributed by atoms with van der Waals surface area (Å²) in [6, 6.07) is 3.63. The van der Waals surface area contributed by atoms with Crippen LogP contribution in [-0.4, -0.2) is 46.1 Å². The van der Waals surface area contributed by atoms with E-state index in [2.05, 4.69) is 20.6 Å². The molecule has 0 aromatic carbocycles. The van der Waals surface area contributed by atoms with E-state index < -0.39 is 0 Å². The van der Waals surface area contributed by atoms with E-state index in [9.17, 15) is 4.79 Å². The first-order chi connectivity index (χ1) is 12.5. The van der Waals surface area contributed by atoms with Crippen LogP contribution >= 0.6 is 0 Å². The molecule has 0 bridgehead atoms. The summed E-state index contributed by atoms with van der Waals surface area (Å²) in [5.41, 5.74) is 7.35. The van der Waals surface area contributed by atoms with E-state index in [1.807, 2.05) is 23.9 Å². The number of pyridine rings is 1. The van der Waals surface area contributed by atoms with Gasteiger partial charge < -0.3 is 15.8 Å². The molecule has 1 amide bonds. The minimum absolute atomic E-state index is 0.0769. The predicted molar refractivity (Wildman–Crippen MR) is 98.0 cm³/mol. The van der Waals surface area contributed by atoms with Gasteiger partial charge in [-0.2, -0.15) is 0 Å². The monoisotopic (exact) mass is 358 g/mol. The molecule has 0 spiro atoms. The number of rotatable bonds is 9. The number of anilines is 1. The fraction of sp³-hybridized carbons (Fsp3) is 0.556. The lowest BCUT2D eigenvalue weighted by atomic mass is 10.1. The fourth-order valence-corrected chi connectivity index (χ4v) is 2.99. The molecule has 1 fully saturated rings. The Kier molecular flexibility index (Phi) is 5.51. The number of nitrogen functional groups attached to an aromatic ring is 1. The van der Waals surface area contributed by atoms with Crippen LogP contribution in [0.25, 0.3) is 11.3 Å². The molecule has 1 aliphatic rings. The molecule has 0 radical (unpaired) electrons. The zero-order chi connectivity index (χ0) is 18.6. The lowest BCUT2D eigenvalue weighted by Crippen LogP contribution is -2.33. The van der Waals surface area contributed by atoms with Gasteiger partial charge in [0.2, 0.25) is 5.91 Å². The van der Waals surface area contributed by atoms with E-state index in [1.165, 1.54) is 0 Å². The number of methoxy groups -OCH3 is 1. The van der Waals surface area contributed by atoms with Crippen LogP contribution in [0.5, 0.6) is 0 Å². The highest BCUT2D eigenvalue weighted by Gasteiger charge is 2.43. The lowest BCUT2D eigenvalue weighted by Gasteiger charge is -2.17. The summed E-state index contributed by atoms with van der Waals surface area (Å²) >= 11 is 0. The van der Waals surface area contributed by atoms with Crippen LogP contribution in [0.15, 0.2) is 24.5 Å². The van der Waals surface area contributed by atoms with Gasteiger partial charge in [0.1, 0.15) is 11.5 Å². The Hall–Kier alpha value is -2.48. The second-order valence-corrected chi connectivity index (χ2v) is 7.31. The predicted octanol–water partition coefficient (Wildman–Crippen LogP) is 1.49. The van der Waals surface area contributed by atoms with Gasteiger partial charge in [-0.25, -0.2) is 4.98 Å². The largest absolute Gasteiger partial charge is 0.384 e. The van der Waals surface area contributed by atoms with Crippen molar-refractivity contribution in [3.63, 3.8) is 0 Å². The number of hydrogen-bond donors (Lipinski definition) is 2. The van der Waals surface area contributed by atoms with E-state index in [1.54, 1.807) is 19.4 Å².